The van der Waals surface area contributed by atoms with E-state index < -0.39 is 0 Å². The van der Waals surface area contributed by atoms with Gasteiger partial charge in [-0.3, -0.25) is 5.32 Å². The van der Waals surface area contributed by atoms with Crippen molar-refractivity contribution >= 4 is 34.3 Å². The number of thiophene rings is 2. The van der Waals surface area contributed by atoms with Crippen LogP contribution >= 0.6 is 34.3 Å². The van der Waals surface area contributed by atoms with Gasteiger partial charge in [-0.15, -0.1) is 22.7 Å². The standard InChI is InChI=1S/C13H12ClN3OS2/c1-8-16-12(18-17-8)7-15-13(9-3-2-6-19-9)10-4-5-11(14)20-10/h2-6,13,15H,7H2,1H3. The molecule has 3 rings (SSSR count). The van der Waals surface area contributed by atoms with E-state index in [1.54, 1.807) is 22.7 Å². The van der Waals surface area contributed by atoms with Gasteiger partial charge in [0.25, 0.3) is 0 Å². The Bertz CT molecular complexity index is 677. The van der Waals surface area contributed by atoms with Crippen molar-refractivity contribution in [3.63, 3.8) is 0 Å². The van der Waals surface area contributed by atoms with E-state index in [9.17, 15) is 0 Å². The van der Waals surface area contributed by atoms with Crippen molar-refractivity contribution in [1.29, 1.82) is 0 Å². The summed E-state index contributed by atoms with van der Waals surface area (Å²) < 4.78 is 5.92. The molecule has 1 atom stereocenters. The normalized spacial score (nSPS) is 12.7. The van der Waals surface area contributed by atoms with E-state index in [0.29, 0.717) is 18.3 Å². The maximum absolute atomic E-state index is 6.04. The topological polar surface area (TPSA) is 51.0 Å². The lowest BCUT2D eigenvalue weighted by Crippen LogP contribution is -2.20. The Kier molecular flexibility index (Phi) is 4.16. The van der Waals surface area contributed by atoms with Crippen molar-refractivity contribution in [2.24, 2.45) is 0 Å². The lowest BCUT2D eigenvalue weighted by Gasteiger charge is -2.14. The molecule has 0 fully saturated rings. The molecular formula is C13H12ClN3OS2. The molecule has 0 amide bonds. The van der Waals surface area contributed by atoms with E-state index in [0.717, 1.165) is 4.34 Å². The van der Waals surface area contributed by atoms with E-state index in [2.05, 4.69) is 26.9 Å². The van der Waals surface area contributed by atoms with Gasteiger partial charge in [-0.2, -0.15) is 4.98 Å². The smallest absolute Gasteiger partial charge is 0.240 e. The fourth-order valence-corrected chi connectivity index (χ4v) is 3.93. The Morgan fingerprint density at radius 3 is 2.85 bits per heavy atom. The first kappa shape index (κ1) is 13.8. The van der Waals surface area contributed by atoms with Gasteiger partial charge in [0, 0.05) is 9.75 Å². The largest absolute Gasteiger partial charge is 0.338 e. The number of hydrogen-bond acceptors (Lipinski definition) is 6. The third-order valence-electron chi connectivity index (χ3n) is 2.73. The van der Waals surface area contributed by atoms with Crippen molar-refractivity contribution in [2.45, 2.75) is 19.5 Å². The molecule has 3 aromatic rings. The fourth-order valence-electron chi connectivity index (χ4n) is 1.88. The summed E-state index contributed by atoms with van der Waals surface area (Å²) in [5.74, 6) is 1.24. The summed E-state index contributed by atoms with van der Waals surface area (Å²) in [6.45, 7) is 2.34. The van der Waals surface area contributed by atoms with E-state index in [1.165, 1.54) is 9.75 Å². The number of nitrogens with zero attached hydrogens (tertiary/aromatic N) is 2. The summed E-state index contributed by atoms with van der Waals surface area (Å²) in [5, 5.41) is 9.31. The molecule has 0 saturated heterocycles. The lowest BCUT2D eigenvalue weighted by atomic mass is 10.2. The summed E-state index contributed by atoms with van der Waals surface area (Å²) in [6, 6.07) is 8.21. The van der Waals surface area contributed by atoms with Gasteiger partial charge in [0.1, 0.15) is 0 Å². The second-order valence-electron chi connectivity index (χ2n) is 4.21. The number of aryl methyl sites for hydroxylation is 1. The van der Waals surface area contributed by atoms with Crippen molar-refractivity contribution < 1.29 is 4.52 Å². The Labute approximate surface area is 129 Å². The molecule has 0 radical (unpaired) electrons. The Hall–Kier alpha value is -1.21. The fraction of sp³-hybridized carbons (Fsp3) is 0.231. The molecule has 4 nitrogen and oxygen atoms in total. The third-order valence-corrected chi connectivity index (χ3v) is 4.97. The quantitative estimate of drug-likeness (QED) is 0.769. The minimum atomic E-state index is 0.0970. The monoisotopic (exact) mass is 325 g/mol. The zero-order valence-electron chi connectivity index (χ0n) is 10.7. The first-order chi connectivity index (χ1) is 9.72. The summed E-state index contributed by atoms with van der Waals surface area (Å²) >= 11 is 9.33. The first-order valence-corrected chi connectivity index (χ1v) is 8.11. The second kappa shape index (κ2) is 6.05. The van der Waals surface area contributed by atoms with Crippen LogP contribution in [0.25, 0.3) is 0 Å². The van der Waals surface area contributed by atoms with Crippen LogP contribution in [0.15, 0.2) is 34.2 Å². The van der Waals surface area contributed by atoms with Crippen LogP contribution < -0.4 is 5.32 Å². The van der Waals surface area contributed by atoms with Crippen LogP contribution in [0.1, 0.15) is 27.5 Å². The summed E-state index contributed by atoms with van der Waals surface area (Å²) in [7, 11) is 0. The predicted molar refractivity (Wildman–Crippen MR) is 81.4 cm³/mol. The van der Waals surface area contributed by atoms with Gasteiger partial charge in [0.2, 0.25) is 5.89 Å². The predicted octanol–water partition coefficient (Wildman–Crippen LogP) is 4.03. The lowest BCUT2D eigenvalue weighted by molar-refractivity contribution is 0.360. The number of aromatic nitrogens is 2. The molecule has 3 heterocycles. The molecule has 0 bridgehead atoms. The van der Waals surface area contributed by atoms with Gasteiger partial charge >= 0.3 is 0 Å². The van der Waals surface area contributed by atoms with Crippen LogP contribution in [0, 0.1) is 6.92 Å². The van der Waals surface area contributed by atoms with E-state index in [-0.39, 0.29) is 6.04 Å². The molecule has 0 saturated carbocycles. The second-order valence-corrected chi connectivity index (χ2v) is 6.93. The summed E-state index contributed by atoms with van der Waals surface area (Å²) in [6.07, 6.45) is 0. The SMILES string of the molecule is Cc1noc(CNC(c2cccs2)c2ccc(Cl)s2)n1. The molecule has 0 aliphatic heterocycles. The van der Waals surface area contributed by atoms with Gasteiger partial charge in [-0.1, -0.05) is 22.8 Å². The summed E-state index contributed by atoms with van der Waals surface area (Å²) in [4.78, 5) is 6.61. The molecular weight excluding hydrogens is 314 g/mol. The van der Waals surface area contributed by atoms with Crippen molar-refractivity contribution in [1.82, 2.24) is 15.5 Å². The number of rotatable bonds is 5. The molecule has 1 unspecified atom stereocenters. The highest BCUT2D eigenvalue weighted by Gasteiger charge is 2.18. The van der Waals surface area contributed by atoms with Crippen LogP contribution in [-0.2, 0) is 6.54 Å². The highest BCUT2D eigenvalue weighted by atomic mass is 35.5. The van der Waals surface area contributed by atoms with Crippen molar-refractivity contribution in [3.8, 4) is 0 Å². The highest BCUT2D eigenvalue weighted by molar-refractivity contribution is 7.16. The number of hydrogen-bond donors (Lipinski definition) is 1. The van der Waals surface area contributed by atoms with E-state index >= 15 is 0 Å². The van der Waals surface area contributed by atoms with Gasteiger partial charge in [-0.05, 0) is 30.5 Å². The van der Waals surface area contributed by atoms with Crippen LogP contribution in [0.3, 0.4) is 0 Å². The van der Waals surface area contributed by atoms with Gasteiger partial charge in [-0.25, -0.2) is 0 Å². The molecule has 20 heavy (non-hydrogen) atoms. The molecule has 0 aliphatic rings. The van der Waals surface area contributed by atoms with Gasteiger partial charge in [0.15, 0.2) is 5.82 Å². The minimum absolute atomic E-state index is 0.0970. The third kappa shape index (κ3) is 3.09. The minimum Gasteiger partial charge on any atom is -0.338 e. The molecule has 3 aromatic heterocycles. The number of nitrogens with one attached hydrogen (secondary N) is 1. The van der Waals surface area contributed by atoms with E-state index in [4.69, 9.17) is 16.1 Å². The maximum Gasteiger partial charge on any atom is 0.240 e. The van der Waals surface area contributed by atoms with Crippen LogP contribution in [0.2, 0.25) is 4.34 Å². The van der Waals surface area contributed by atoms with Gasteiger partial charge in [0.05, 0.1) is 16.9 Å². The molecule has 0 spiro atoms. The van der Waals surface area contributed by atoms with Crippen LogP contribution in [-0.4, -0.2) is 10.1 Å². The summed E-state index contributed by atoms with van der Waals surface area (Å²) in [5.41, 5.74) is 0. The van der Waals surface area contributed by atoms with Crippen LogP contribution in [0.4, 0.5) is 0 Å². The molecule has 0 aromatic carbocycles. The van der Waals surface area contributed by atoms with Crippen molar-refractivity contribution in [2.75, 3.05) is 0 Å². The zero-order valence-corrected chi connectivity index (χ0v) is 13.1. The van der Waals surface area contributed by atoms with Crippen molar-refractivity contribution in [3.05, 3.63) is 55.5 Å². The van der Waals surface area contributed by atoms with Crippen LogP contribution in [0.5, 0.6) is 0 Å². The number of halogens is 1. The average Bonchev–Trinajstić information content (AvgIpc) is 3.13. The zero-order chi connectivity index (χ0) is 13.9. The Morgan fingerprint density at radius 2 is 2.25 bits per heavy atom. The van der Waals surface area contributed by atoms with Gasteiger partial charge < -0.3 is 4.52 Å². The average molecular weight is 326 g/mol. The molecule has 1 N–H and O–H groups in total. The highest BCUT2D eigenvalue weighted by Crippen LogP contribution is 2.33. The molecule has 7 heteroatoms. The first-order valence-electron chi connectivity index (χ1n) is 6.03. The van der Waals surface area contributed by atoms with E-state index in [1.807, 2.05) is 25.1 Å². The molecule has 0 aliphatic carbocycles. The Morgan fingerprint density at radius 1 is 1.35 bits per heavy atom. The molecule has 104 valence electrons. The Balaban J connectivity index is 1.79. The maximum atomic E-state index is 6.04.